The fourth-order valence-corrected chi connectivity index (χ4v) is 1.51. The molecule has 92 valence electrons. The maximum Gasteiger partial charge on any atom is 0.122 e. The van der Waals surface area contributed by atoms with Crippen molar-refractivity contribution in [3.8, 4) is 23.8 Å². The van der Waals surface area contributed by atoms with Crippen molar-refractivity contribution < 1.29 is 9.47 Å². The molecule has 0 aliphatic heterocycles. The normalized spacial score (nSPS) is 11.6. The molecule has 3 heteroatoms. The molecule has 0 fully saturated rings. The largest absolute Gasteiger partial charge is 0.497 e. The van der Waals surface area contributed by atoms with Crippen LogP contribution in [0.3, 0.4) is 0 Å². The van der Waals surface area contributed by atoms with Gasteiger partial charge in [0.15, 0.2) is 0 Å². The number of rotatable bonds is 6. The van der Waals surface area contributed by atoms with Crippen molar-refractivity contribution >= 4 is 0 Å². The number of ether oxygens (including phenoxy) is 2. The number of hydrogen-bond acceptors (Lipinski definition) is 3. The zero-order valence-electron chi connectivity index (χ0n) is 10.6. The Labute approximate surface area is 103 Å². The molecule has 0 amide bonds. The SMILES string of the molecule is C#CCC(C)NCc1cc(OC)cc(OC)c1. The quantitative estimate of drug-likeness (QED) is 0.764. The van der Waals surface area contributed by atoms with Crippen LogP contribution in [0.1, 0.15) is 18.9 Å². The first-order chi connectivity index (χ1) is 8.19. The van der Waals surface area contributed by atoms with E-state index in [1.165, 1.54) is 0 Å². The highest BCUT2D eigenvalue weighted by molar-refractivity contribution is 5.38. The van der Waals surface area contributed by atoms with Gasteiger partial charge in [-0.1, -0.05) is 0 Å². The predicted octanol–water partition coefficient (Wildman–Crippen LogP) is 2.21. The van der Waals surface area contributed by atoms with E-state index in [0.717, 1.165) is 30.0 Å². The molecular weight excluding hydrogens is 214 g/mol. The first-order valence-corrected chi connectivity index (χ1v) is 5.58. The summed E-state index contributed by atoms with van der Waals surface area (Å²) in [4.78, 5) is 0. The first-order valence-electron chi connectivity index (χ1n) is 5.58. The topological polar surface area (TPSA) is 30.5 Å². The van der Waals surface area contributed by atoms with Gasteiger partial charge in [0.25, 0.3) is 0 Å². The first kappa shape index (κ1) is 13.4. The van der Waals surface area contributed by atoms with Gasteiger partial charge in [-0.2, -0.15) is 0 Å². The van der Waals surface area contributed by atoms with Crippen LogP contribution in [-0.4, -0.2) is 20.3 Å². The molecule has 17 heavy (non-hydrogen) atoms. The van der Waals surface area contributed by atoms with E-state index in [1.54, 1.807) is 14.2 Å². The molecule has 1 N–H and O–H groups in total. The summed E-state index contributed by atoms with van der Waals surface area (Å²) in [6, 6.07) is 6.13. The Morgan fingerprint density at radius 2 is 1.82 bits per heavy atom. The molecule has 0 spiro atoms. The smallest absolute Gasteiger partial charge is 0.122 e. The van der Waals surface area contributed by atoms with E-state index in [-0.39, 0.29) is 0 Å². The summed E-state index contributed by atoms with van der Waals surface area (Å²) in [7, 11) is 3.29. The fourth-order valence-electron chi connectivity index (χ4n) is 1.51. The van der Waals surface area contributed by atoms with Gasteiger partial charge in [-0.15, -0.1) is 12.3 Å². The summed E-state index contributed by atoms with van der Waals surface area (Å²) in [6.45, 7) is 2.81. The van der Waals surface area contributed by atoms with Crippen molar-refractivity contribution in [1.82, 2.24) is 5.32 Å². The Bertz CT molecular complexity index is 373. The maximum absolute atomic E-state index is 5.26. The standard InChI is InChI=1S/C14H19NO2/c1-5-6-11(2)15-10-12-7-13(16-3)9-14(8-12)17-4/h1,7-9,11,15H,6,10H2,2-4H3. The van der Waals surface area contributed by atoms with Gasteiger partial charge >= 0.3 is 0 Å². The molecule has 3 nitrogen and oxygen atoms in total. The second-order valence-corrected chi connectivity index (χ2v) is 3.91. The van der Waals surface area contributed by atoms with Crippen LogP contribution < -0.4 is 14.8 Å². The Hall–Kier alpha value is -1.66. The summed E-state index contributed by atoms with van der Waals surface area (Å²) >= 11 is 0. The molecule has 1 aromatic rings. The van der Waals surface area contributed by atoms with E-state index in [1.807, 2.05) is 18.2 Å². The summed E-state index contributed by atoms with van der Waals surface area (Å²) in [5, 5.41) is 3.35. The highest BCUT2D eigenvalue weighted by Gasteiger charge is 2.03. The lowest BCUT2D eigenvalue weighted by Gasteiger charge is -2.12. The lowest BCUT2D eigenvalue weighted by molar-refractivity contribution is 0.392. The Morgan fingerprint density at radius 1 is 1.24 bits per heavy atom. The number of benzene rings is 1. The molecule has 1 aromatic carbocycles. The number of methoxy groups -OCH3 is 2. The Morgan fingerprint density at radius 3 is 2.29 bits per heavy atom. The van der Waals surface area contributed by atoms with Crippen LogP contribution in [0.4, 0.5) is 0 Å². The van der Waals surface area contributed by atoms with Gasteiger partial charge in [-0.25, -0.2) is 0 Å². The van der Waals surface area contributed by atoms with Crippen molar-refractivity contribution in [2.45, 2.75) is 25.9 Å². The number of terminal acetylenes is 1. The van der Waals surface area contributed by atoms with Crippen molar-refractivity contribution in [3.63, 3.8) is 0 Å². The van der Waals surface area contributed by atoms with Gasteiger partial charge in [-0.3, -0.25) is 0 Å². The molecule has 1 rings (SSSR count). The van der Waals surface area contributed by atoms with Gasteiger partial charge in [0.2, 0.25) is 0 Å². The minimum atomic E-state index is 0.303. The fraction of sp³-hybridized carbons (Fsp3) is 0.429. The van der Waals surface area contributed by atoms with Gasteiger partial charge in [0, 0.05) is 25.1 Å². The highest BCUT2D eigenvalue weighted by Crippen LogP contribution is 2.22. The third kappa shape index (κ3) is 4.38. The minimum absolute atomic E-state index is 0.303. The van der Waals surface area contributed by atoms with Crippen molar-refractivity contribution in [3.05, 3.63) is 23.8 Å². The van der Waals surface area contributed by atoms with E-state index in [4.69, 9.17) is 15.9 Å². The van der Waals surface area contributed by atoms with Crippen LogP contribution in [0.5, 0.6) is 11.5 Å². The molecule has 0 bridgehead atoms. The van der Waals surface area contributed by atoms with Crippen LogP contribution in [0.15, 0.2) is 18.2 Å². The Kier molecular flexibility index (Phi) is 5.38. The summed E-state index contributed by atoms with van der Waals surface area (Å²) in [5.74, 6) is 4.23. The molecule has 1 unspecified atom stereocenters. The lowest BCUT2D eigenvalue weighted by atomic mass is 10.1. The molecular formula is C14H19NO2. The average molecular weight is 233 g/mol. The van der Waals surface area contributed by atoms with E-state index in [0.29, 0.717) is 6.04 Å². The molecule has 0 aliphatic rings. The summed E-state index contributed by atoms with van der Waals surface area (Å²) in [5.41, 5.74) is 1.12. The van der Waals surface area contributed by atoms with Crippen LogP contribution >= 0.6 is 0 Å². The minimum Gasteiger partial charge on any atom is -0.497 e. The molecule has 0 heterocycles. The zero-order valence-corrected chi connectivity index (χ0v) is 10.6. The van der Waals surface area contributed by atoms with Gasteiger partial charge in [0.1, 0.15) is 11.5 Å². The zero-order chi connectivity index (χ0) is 12.7. The lowest BCUT2D eigenvalue weighted by Crippen LogP contribution is -2.24. The third-order valence-electron chi connectivity index (χ3n) is 2.49. The van der Waals surface area contributed by atoms with Crippen molar-refractivity contribution in [2.24, 2.45) is 0 Å². The highest BCUT2D eigenvalue weighted by atomic mass is 16.5. The molecule has 0 radical (unpaired) electrons. The van der Waals surface area contributed by atoms with Crippen LogP contribution in [-0.2, 0) is 6.54 Å². The number of nitrogens with one attached hydrogen (secondary N) is 1. The van der Waals surface area contributed by atoms with E-state index in [9.17, 15) is 0 Å². The molecule has 0 saturated carbocycles. The number of hydrogen-bond donors (Lipinski definition) is 1. The molecule has 0 aliphatic carbocycles. The molecule has 0 saturated heterocycles. The summed E-state index contributed by atoms with van der Waals surface area (Å²) in [6.07, 6.45) is 5.98. The van der Waals surface area contributed by atoms with Crippen LogP contribution in [0.2, 0.25) is 0 Å². The van der Waals surface area contributed by atoms with Gasteiger partial charge in [0.05, 0.1) is 14.2 Å². The predicted molar refractivity (Wildman–Crippen MR) is 69.3 cm³/mol. The van der Waals surface area contributed by atoms with Gasteiger partial charge < -0.3 is 14.8 Å². The van der Waals surface area contributed by atoms with Gasteiger partial charge in [-0.05, 0) is 24.6 Å². The molecule has 0 aromatic heterocycles. The second kappa shape index (κ2) is 6.82. The third-order valence-corrected chi connectivity index (χ3v) is 2.49. The van der Waals surface area contributed by atoms with Crippen molar-refractivity contribution in [2.75, 3.05) is 14.2 Å². The second-order valence-electron chi connectivity index (χ2n) is 3.91. The molecule has 1 atom stereocenters. The van der Waals surface area contributed by atoms with E-state index in [2.05, 4.69) is 18.2 Å². The monoisotopic (exact) mass is 233 g/mol. The van der Waals surface area contributed by atoms with Crippen LogP contribution in [0, 0.1) is 12.3 Å². The summed E-state index contributed by atoms with van der Waals surface area (Å²) < 4.78 is 10.4. The van der Waals surface area contributed by atoms with E-state index >= 15 is 0 Å². The maximum atomic E-state index is 5.26. The van der Waals surface area contributed by atoms with E-state index < -0.39 is 0 Å². The average Bonchev–Trinajstić information content (AvgIpc) is 2.36. The van der Waals surface area contributed by atoms with Crippen molar-refractivity contribution in [1.29, 1.82) is 0 Å². The Balaban J connectivity index is 2.67. The van der Waals surface area contributed by atoms with Crippen LogP contribution in [0.25, 0.3) is 0 Å².